The second-order valence-corrected chi connectivity index (χ2v) is 5.08. The third-order valence-electron chi connectivity index (χ3n) is 2.26. The summed E-state index contributed by atoms with van der Waals surface area (Å²) in [5.74, 6) is -1.08. The molecule has 0 aliphatic heterocycles. The molecule has 2 atom stereocenters. The van der Waals surface area contributed by atoms with Crippen LogP contribution >= 0.6 is 0 Å². The normalized spacial score (nSPS) is 14.8. The van der Waals surface area contributed by atoms with Crippen LogP contribution in [0.1, 0.15) is 32.6 Å². The number of aliphatic hydroxyl groups is 2. The maximum absolute atomic E-state index is 11.9. The van der Waals surface area contributed by atoms with Crippen LogP contribution in [0, 0.1) is 0 Å². The number of aliphatic hydroxyl groups excluding tert-OH is 2. The van der Waals surface area contributed by atoms with Crippen LogP contribution in [0.4, 0.5) is 4.79 Å². The summed E-state index contributed by atoms with van der Waals surface area (Å²) in [4.78, 5) is 22.7. The zero-order chi connectivity index (χ0) is 14.8. The Morgan fingerprint density at radius 3 is 2.42 bits per heavy atom. The third-order valence-corrected chi connectivity index (χ3v) is 2.26. The minimum atomic E-state index is -1.80. The second kappa shape index (κ2) is 5.41. The lowest BCUT2D eigenvalue weighted by molar-refractivity contribution is -0.132. The van der Waals surface area contributed by atoms with Crippen LogP contribution in [0.15, 0.2) is 18.3 Å². The highest BCUT2D eigenvalue weighted by atomic mass is 16.6. The van der Waals surface area contributed by atoms with Crippen LogP contribution < -0.4 is 5.73 Å². The minimum absolute atomic E-state index is 0.0283. The molecule has 0 radical (unpaired) electrons. The molecule has 0 saturated heterocycles. The molecule has 1 heterocycles. The SMILES string of the molecule is CC(C)(C)OC(=O)n1cccc1C(O)C(O)C(N)=O. The van der Waals surface area contributed by atoms with Crippen molar-refractivity contribution in [2.24, 2.45) is 5.73 Å². The molecule has 0 spiro atoms. The molecule has 0 aliphatic carbocycles. The van der Waals surface area contributed by atoms with Gasteiger partial charge in [-0.15, -0.1) is 0 Å². The molecule has 106 valence electrons. The van der Waals surface area contributed by atoms with Gasteiger partial charge in [-0.25, -0.2) is 4.79 Å². The Morgan fingerprint density at radius 1 is 1.37 bits per heavy atom. The highest BCUT2D eigenvalue weighted by molar-refractivity contribution is 5.80. The highest BCUT2D eigenvalue weighted by Crippen LogP contribution is 2.19. The van der Waals surface area contributed by atoms with Gasteiger partial charge in [0, 0.05) is 6.20 Å². The van der Waals surface area contributed by atoms with Crippen molar-refractivity contribution in [3.05, 3.63) is 24.0 Å². The molecule has 7 heteroatoms. The summed E-state index contributed by atoms with van der Waals surface area (Å²) in [6.45, 7) is 5.09. The van der Waals surface area contributed by atoms with Crippen molar-refractivity contribution < 1.29 is 24.5 Å². The number of carbonyl (C=O) groups is 2. The number of primary amides is 1. The first-order valence-electron chi connectivity index (χ1n) is 5.69. The van der Waals surface area contributed by atoms with Crippen LogP contribution in [-0.4, -0.2) is 38.5 Å². The Balaban J connectivity index is 2.98. The van der Waals surface area contributed by atoms with E-state index in [0.29, 0.717) is 0 Å². The molecule has 1 aromatic heterocycles. The standard InChI is InChI=1S/C12H18N2O5/c1-12(2,3)19-11(18)14-6-4-5-7(14)8(15)9(16)10(13)17/h4-6,8-9,15-16H,1-3H3,(H2,13,17). The largest absolute Gasteiger partial charge is 0.443 e. The van der Waals surface area contributed by atoms with E-state index in [9.17, 15) is 19.8 Å². The van der Waals surface area contributed by atoms with Crippen molar-refractivity contribution in [2.75, 3.05) is 0 Å². The molecule has 1 rings (SSSR count). The summed E-state index contributed by atoms with van der Waals surface area (Å²) in [5.41, 5.74) is 4.22. The number of hydrogen-bond donors (Lipinski definition) is 3. The van der Waals surface area contributed by atoms with Gasteiger partial charge in [-0.2, -0.15) is 0 Å². The summed E-state index contributed by atoms with van der Waals surface area (Å²) in [6, 6.07) is 2.87. The molecule has 4 N–H and O–H groups in total. The monoisotopic (exact) mass is 270 g/mol. The van der Waals surface area contributed by atoms with Crippen molar-refractivity contribution >= 4 is 12.0 Å². The number of rotatable bonds is 3. The second-order valence-electron chi connectivity index (χ2n) is 5.08. The van der Waals surface area contributed by atoms with Crippen LogP contribution in [-0.2, 0) is 9.53 Å². The number of amides is 1. The molecule has 1 amide bonds. The van der Waals surface area contributed by atoms with Crippen LogP contribution in [0.3, 0.4) is 0 Å². The fraction of sp³-hybridized carbons (Fsp3) is 0.500. The van der Waals surface area contributed by atoms with Gasteiger partial charge in [0.05, 0.1) is 5.69 Å². The van der Waals surface area contributed by atoms with Crippen LogP contribution in [0.5, 0.6) is 0 Å². The molecule has 2 unspecified atom stereocenters. The van der Waals surface area contributed by atoms with Gasteiger partial charge in [0.2, 0.25) is 5.91 Å². The fourth-order valence-corrected chi connectivity index (χ4v) is 1.43. The summed E-state index contributed by atoms with van der Waals surface area (Å²) in [5, 5.41) is 19.2. The minimum Gasteiger partial charge on any atom is -0.443 e. The van der Waals surface area contributed by atoms with Gasteiger partial charge in [0.25, 0.3) is 0 Å². The highest BCUT2D eigenvalue weighted by Gasteiger charge is 2.28. The number of aromatic nitrogens is 1. The predicted molar refractivity (Wildman–Crippen MR) is 66.2 cm³/mol. The van der Waals surface area contributed by atoms with E-state index < -0.39 is 29.8 Å². The van der Waals surface area contributed by atoms with E-state index in [1.54, 1.807) is 20.8 Å². The number of nitrogens with zero attached hydrogens (tertiary/aromatic N) is 1. The van der Waals surface area contributed by atoms with E-state index in [4.69, 9.17) is 10.5 Å². The van der Waals surface area contributed by atoms with Gasteiger partial charge in [0.15, 0.2) is 6.10 Å². The lowest BCUT2D eigenvalue weighted by atomic mass is 10.1. The summed E-state index contributed by atoms with van der Waals surface area (Å²) in [6.07, 6.45) is -2.75. The molecule has 0 fully saturated rings. The maximum Gasteiger partial charge on any atom is 0.418 e. The van der Waals surface area contributed by atoms with Gasteiger partial charge in [-0.05, 0) is 32.9 Å². The van der Waals surface area contributed by atoms with E-state index in [1.165, 1.54) is 18.3 Å². The first-order valence-corrected chi connectivity index (χ1v) is 5.69. The van der Waals surface area contributed by atoms with Gasteiger partial charge in [-0.3, -0.25) is 9.36 Å². The van der Waals surface area contributed by atoms with Crippen molar-refractivity contribution in [3.8, 4) is 0 Å². The Bertz CT molecular complexity index is 475. The van der Waals surface area contributed by atoms with E-state index in [-0.39, 0.29) is 5.69 Å². The molecule has 1 aromatic rings. The van der Waals surface area contributed by atoms with Crippen LogP contribution in [0.2, 0.25) is 0 Å². The van der Waals surface area contributed by atoms with E-state index in [1.807, 2.05) is 0 Å². The lowest BCUT2D eigenvalue weighted by Gasteiger charge is -2.22. The van der Waals surface area contributed by atoms with Crippen molar-refractivity contribution in [3.63, 3.8) is 0 Å². The van der Waals surface area contributed by atoms with Gasteiger partial charge in [0.1, 0.15) is 11.7 Å². The Morgan fingerprint density at radius 2 is 1.95 bits per heavy atom. The van der Waals surface area contributed by atoms with Crippen LogP contribution in [0.25, 0.3) is 0 Å². The first kappa shape index (κ1) is 15.2. The molecule has 0 aromatic carbocycles. The van der Waals surface area contributed by atoms with E-state index in [0.717, 1.165) is 4.57 Å². The molecular formula is C12H18N2O5. The summed E-state index contributed by atoms with van der Waals surface area (Å²) >= 11 is 0. The number of carbonyl (C=O) groups excluding carboxylic acids is 2. The van der Waals surface area contributed by atoms with E-state index in [2.05, 4.69) is 0 Å². The smallest absolute Gasteiger partial charge is 0.418 e. The molecule has 7 nitrogen and oxygen atoms in total. The third kappa shape index (κ3) is 3.80. The molecule has 19 heavy (non-hydrogen) atoms. The van der Waals surface area contributed by atoms with E-state index >= 15 is 0 Å². The molecular weight excluding hydrogens is 252 g/mol. The number of ether oxygens (including phenoxy) is 1. The van der Waals surface area contributed by atoms with Crippen molar-refractivity contribution in [1.29, 1.82) is 0 Å². The zero-order valence-corrected chi connectivity index (χ0v) is 11.0. The predicted octanol–water partition coefficient (Wildman–Crippen LogP) is 0.151. The number of hydrogen-bond acceptors (Lipinski definition) is 5. The fourth-order valence-electron chi connectivity index (χ4n) is 1.43. The summed E-state index contributed by atoms with van der Waals surface area (Å²) < 4.78 is 6.14. The quantitative estimate of drug-likeness (QED) is 0.723. The Labute approximate surface area is 110 Å². The molecule has 0 saturated carbocycles. The lowest BCUT2D eigenvalue weighted by Crippen LogP contribution is -2.36. The molecule has 0 aliphatic rings. The zero-order valence-electron chi connectivity index (χ0n) is 11.0. The van der Waals surface area contributed by atoms with Crippen molar-refractivity contribution in [1.82, 2.24) is 4.57 Å². The summed E-state index contributed by atoms with van der Waals surface area (Å²) in [7, 11) is 0. The average Bonchev–Trinajstić information content (AvgIpc) is 2.73. The molecule has 0 bridgehead atoms. The topological polar surface area (TPSA) is 115 Å². The average molecular weight is 270 g/mol. The maximum atomic E-state index is 11.9. The number of nitrogens with two attached hydrogens (primary N) is 1. The van der Waals surface area contributed by atoms with Gasteiger partial charge < -0.3 is 20.7 Å². The van der Waals surface area contributed by atoms with Crippen molar-refractivity contribution in [2.45, 2.75) is 38.6 Å². The Kier molecular flexibility index (Phi) is 4.33. The van der Waals surface area contributed by atoms with Gasteiger partial charge in [-0.1, -0.05) is 0 Å². The first-order chi connectivity index (χ1) is 8.63. The van der Waals surface area contributed by atoms with Gasteiger partial charge >= 0.3 is 6.09 Å². The Hall–Kier alpha value is -1.86.